The molecule has 3 heteroatoms. The molecule has 5 rings (SSSR count). The maximum Gasteiger partial charge on any atom is 0.0707 e. The summed E-state index contributed by atoms with van der Waals surface area (Å²) in [7, 11) is 0. The van der Waals surface area contributed by atoms with Crippen LogP contribution in [-0.2, 0) is 6.42 Å². The largest absolute Gasteiger partial charge is 0.361 e. The molecule has 3 aromatic rings. The van der Waals surface area contributed by atoms with E-state index in [0.717, 1.165) is 6.67 Å². The molecule has 0 aliphatic carbocycles. The van der Waals surface area contributed by atoms with Crippen molar-refractivity contribution in [2.75, 3.05) is 31.2 Å². The first-order valence-electron chi connectivity index (χ1n) is 9.50. The summed E-state index contributed by atoms with van der Waals surface area (Å²) < 4.78 is 0. The second kappa shape index (κ2) is 6.23. The molecule has 2 aliphatic rings. The highest BCUT2D eigenvalue weighted by atomic mass is 15.3. The Kier molecular flexibility index (Phi) is 3.75. The van der Waals surface area contributed by atoms with Gasteiger partial charge in [-0.05, 0) is 48.4 Å². The van der Waals surface area contributed by atoms with Gasteiger partial charge in [-0.15, -0.1) is 0 Å². The summed E-state index contributed by atoms with van der Waals surface area (Å²) in [4.78, 5) is 8.63. The van der Waals surface area contributed by atoms with Crippen molar-refractivity contribution >= 4 is 16.6 Å². The summed E-state index contributed by atoms with van der Waals surface area (Å²) in [5.74, 6) is 0.693. The first-order valence-corrected chi connectivity index (χ1v) is 9.50. The monoisotopic (exact) mass is 331 g/mol. The lowest BCUT2D eigenvalue weighted by Gasteiger charge is -2.35. The summed E-state index contributed by atoms with van der Waals surface area (Å²) in [5.41, 5.74) is 5.74. The zero-order valence-corrected chi connectivity index (χ0v) is 14.6. The Morgan fingerprint density at radius 1 is 0.920 bits per heavy atom. The van der Waals surface area contributed by atoms with E-state index in [1.165, 1.54) is 66.6 Å². The molecule has 25 heavy (non-hydrogen) atoms. The summed E-state index contributed by atoms with van der Waals surface area (Å²) >= 11 is 0. The Labute approximate surface area is 149 Å². The van der Waals surface area contributed by atoms with E-state index in [1.54, 1.807) is 0 Å². The molecule has 2 aliphatic heterocycles. The fourth-order valence-corrected chi connectivity index (χ4v) is 4.61. The van der Waals surface area contributed by atoms with Crippen molar-refractivity contribution in [1.29, 1.82) is 0 Å². The molecule has 0 radical (unpaired) electrons. The fourth-order valence-electron chi connectivity index (χ4n) is 4.61. The number of likely N-dealkylation sites (tertiary alicyclic amines) is 1. The van der Waals surface area contributed by atoms with Crippen LogP contribution >= 0.6 is 0 Å². The molecule has 2 aromatic carbocycles. The van der Waals surface area contributed by atoms with E-state index in [-0.39, 0.29) is 0 Å². The minimum atomic E-state index is 0.693. The first-order chi connectivity index (χ1) is 12.4. The van der Waals surface area contributed by atoms with Gasteiger partial charge in [-0.1, -0.05) is 36.4 Å². The number of para-hydroxylation sites is 2. The van der Waals surface area contributed by atoms with Crippen molar-refractivity contribution in [1.82, 2.24) is 9.88 Å². The van der Waals surface area contributed by atoms with Crippen LogP contribution < -0.4 is 4.90 Å². The van der Waals surface area contributed by atoms with E-state index in [4.69, 9.17) is 0 Å². The van der Waals surface area contributed by atoms with Crippen LogP contribution in [-0.4, -0.2) is 36.2 Å². The molecule has 0 spiro atoms. The van der Waals surface area contributed by atoms with Crippen molar-refractivity contribution in [2.24, 2.45) is 0 Å². The molecule has 0 atom stereocenters. The predicted molar refractivity (Wildman–Crippen MR) is 104 cm³/mol. The van der Waals surface area contributed by atoms with Crippen molar-refractivity contribution < 1.29 is 0 Å². The number of aromatic amines is 1. The molecule has 1 N–H and O–H groups in total. The number of aromatic nitrogens is 1. The molecular formula is C22H25N3. The van der Waals surface area contributed by atoms with Gasteiger partial charge in [0, 0.05) is 42.4 Å². The van der Waals surface area contributed by atoms with Crippen LogP contribution in [0.1, 0.15) is 29.9 Å². The molecule has 0 amide bonds. The molecule has 1 saturated heterocycles. The minimum absolute atomic E-state index is 0.693. The van der Waals surface area contributed by atoms with Gasteiger partial charge in [0.05, 0.1) is 6.67 Å². The highest BCUT2D eigenvalue weighted by molar-refractivity contribution is 5.83. The number of piperidine rings is 1. The average Bonchev–Trinajstić information content (AvgIpc) is 3.27. The lowest BCUT2D eigenvalue weighted by Crippen LogP contribution is -2.41. The van der Waals surface area contributed by atoms with Crippen LogP contribution in [0.4, 0.5) is 5.69 Å². The average molecular weight is 331 g/mol. The van der Waals surface area contributed by atoms with Crippen molar-refractivity contribution in [2.45, 2.75) is 25.2 Å². The van der Waals surface area contributed by atoms with Gasteiger partial charge < -0.3 is 9.88 Å². The number of benzene rings is 2. The van der Waals surface area contributed by atoms with Gasteiger partial charge in [0.15, 0.2) is 0 Å². The van der Waals surface area contributed by atoms with E-state index in [1.807, 2.05) is 0 Å². The zero-order chi connectivity index (χ0) is 16.6. The number of fused-ring (bicyclic) bond motifs is 2. The number of nitrogens with zero attached hydrogens (tertiary/aromatic N) is 2. The Morgan fingerprint density at radius 3 is 2.64 bits per heavy atom. The molecule has 0 saturated carbocycles. The number of hydrogen-bond acceptors (Lipinski definition) is 2. The van der Waals surface area contributed by atoms with Gasteiger partial charge in [0.25, 0.3) is 0 Å². The highest BCUT2D eigenvalue weighted by Crippen LogP contribution is 2.34. The summed E-state index contributed by atoms with van der Waals surface area (Å²) in [6.45, 7) is 4.64. The van der Waals surface area contributed by atoms with Crippen LogP contribution in [0.25, 0.3) is 10.9 Å². The van der Waals surface area contributed by atoms with Gasteiger partial charge >= 0.3 is 0 Å². The Bertz CT molecular complexity index is 874. The van der Waals surface area contributed by atoms with E-state index < -0.39 is 0 Å². The van der Waals surface area contributed by atoms with Gasteiger partial charge in [0.2, 0.25) is 0 Å². The molecule has 1 aromatic heterocycles. The second-order valence-corrected chi connectivity index (χ2v) is 7.47. The van der Waals surface area contributed by atoms with Gasteiger partial charge in [-0.25, -0.2) is 0 Å². The molecule has 0 bridgehead atoms. The van der Waals surface area contributed by atoms with Gasteiger partial charge in [-0.3, -0.25) is 4.90 Å². The third-order valence-corrected chi connectivity index (χ3v) is 6.00. The Hall–Kier alpha value is -2.26. The summed E-state index contributed by atoms with van der Waals surface area (Å²) in [6.07, 6.45) is 5.96. The van der Waals surface area contributed by atoms with E-state index in [0.29, 0.717) is 5.92 Å². The summed E-state index contributed by atoms with van der Waals surface area (Å²) in [5, 5.41) is 1.41. The minimum Gasteiger partial charge on any atom is -0.361 e. The second-order valence-electron chi connectivity index (χ2n) is 7.47. The quantitative estimate of drug-likeness (QED) is 0.770. The van der Waals surface area contributed by atoms with Crippen LogP contribution in [0.15, 0.2) is 54.7 Å². The van der Waals surface area contributed by atoms with Crippen LogP contribution in [0.5, 0.6) is 0 Å². The highest BCUT2D eigenvalue weighted by Gasteiger charge is 2.25. The van der Waals surface area contributed by atoms with Crippen molar-refractivity contribution in [3.05, 3.63) is 65.9 Å². The Morgan fingerprint density at radius 2 is 1.72 bits per heavy atom. The van der Waals surface area contributed by atoms with Crippen LogP contribution in [0, 0.1) is 0 Å². The molecular weight excluding hydrogens is 306 g/mol. The maximum atomic E-state index is 3.44. The number of H-pyrrole nitrogens is 1. The van der Waals surface area contributed by atoms with Gasteiger partial charge in [-0.2, -0.15) is 0 Å². The maximum absolute atomic E-state index is 3.44. The molecule has 128 valence electrons. The summed E-state index contributed by atoms with van der Waals surface area (Å²) in [6, 6.07) is 17.6. The molecule has 1 fully saturated rings. The van der Waals surface area contributed by atoms with E-state index >= 15 is 0 Å². The number of anilines is 1. The third-order valence-electron chi connectivity index (χ3n) is 6.00. The molecule has 3 nitrogen and oxygen atoms in total. The predicted octanol–water partition coefficient (Wildman–Crippen LogP) is 4.37. The number of hydrogen-bond donors (Lipinski definition) is 1. The third kappa shape index (κ3) is 2.73. The van der Waals surface area contributed by atoms with Crippen LogP contribution in [0.3, 0.4) is 0 Å². The topological polar surface area (TPSA) is 22.3 Å². The van der Waals surface area contributed by atoms with Crippen LogP contribution in [0.2, 0.25) is 0 Å². The standard InChI is InChI=1S/C22H25N3/c1-4-8-22-18(5-1)11-14-25(22)16-24-12-9-17(10-13-24)20-15-23-21-7-3-2-6-19(20)21/h1-8,15,17,23H,9-14,16H2. The van der Waals surface area contributed by atoms with Crippen molar-refractivity contribution in [3.63, 3.8) is 0 Å². The fraction of sp³-hybridized carbons (Fsp3) is 0.364. The molecule has 0 unspecified atom stereocenters. The van der Waals surface area contributed by atoms with Crippen molar-refractivity contribution in [3.8, 4) is 0 Å². The lowest BCUT2D eigenvalue weighted by molar-refractivity contribution is 0.213. The number of rotatable bonds is 3. The smallest absolute Gasteiger partial charge is 0.0707 e. The lowest BCUT2D eigenvalue weighted by atomic mass is 9.89. The SMILES string of the molecule is c1ccc2c(c1)CCN2CN1CCC(c2c[nH]c3ccccc23)CC1. The van der Waals surface area contributed by atoms with E-state index in [2.05, 4.69) is 69.5 Å². The molecule has 3 heterocycles. The normalized spacial score (nSPS) is 18.8. The Balaban J connectivity index is 1.25. The zero-order valence-electron chi connectivity index (χ0n) is 14.6. The van der Waals surface area contributed by atoms with Gasteiger partial charge in [0.1, 0.15) is 0 Å². The van der Waals surface area contributed by atoms with E-state index in [9.17, 15) is 0 Å². The first kappa shape index (κ1) is 15.0. The number of nitrogens with one attached hydrogen (secondary N) is 1.